The Morgan fingerprint density at radius 1 is 0.950 bits per heavy atom. The number of hydrogen-bond acceptors (Lipinski definition) is 9. The molecule has 4 aliphatic heterocycles. The van der Waals surface area contributed by atoms with Crippen LogP contribution in [0.5, 0.6) is 5.75 Å². The highest BCUT2D eigenvalue weighted by Crippen LogP contribution is 2.47. The predicted molar refractivity (Wildman–Crippen MR) is 221 cm³/mol. The number of anilines is 2. The highest BCUT2D eigenvalue weighted by atomic mass is 32.1. The number of alkyl halides is 3. The lowest BCUT2D eigenvalue weighted by molar-refractivity contribution is -0.138. The highest BCUT2D eigenvalue weighted by molar-refractivity contribution is 7.81. The molecule has 2 bridgehead atoms. The molecule has 4 saturated heterocycles. The number of benzene rings is 3. The summed E-state index contributed by atoms with van der Waals surface area (Å²) in [6.07, 6.45) is 1.01. The van der Waals surface area contributed by atoms with Gasteiger partial charge in [-0.2, -0.15) is 18.4 Å². The minimum Gasteiger partial charge on any atom is -0.492 e. The Labute approximate surface area is 352 Å². The van der Waals surface area contributed by atoms with Crippen molar-refractivity contribution >= 4 is 52.2 Å². The van der Waals surface area contributed by atoms with E-state index in [2.05, 4.69) is 15.1 Å². The Bertz CT molecular complexity index is 2270. The molecule has 314 valence electrons. The number of nitriles is 1. The molecule has 5 aliphatic rings. The fourth-order valence-corrected chi connectivity index (χ4v) is 9.88. The van der Waals surface area contributed by atoms with Gasteiger partial charge in [0.15, 0.2) is 10.9 Å². The second-order valence-electron chi connectivity index (χ2n) is 17.2. The van der Waals surface area contributed by atoms with Gasteiger partial charge in [-0.15, -0.1) is 0 Å². The molecule has 60 heavy (non-hydrogen) atoms. The zero-order valence-electron chi connectivity index (χ0n) is 33.6. The fraction of sp³-hybridized carbons (Fsp3) is 0.467. The van der Waals surface area contributed by atoms with Gasteiger partial charge >= 0.3 is 6.18 Å². The van der Waals surface area contributed by atoms with Crippen LogP contribution >= 0.6 is 12.2 Å². The van der Waals surface area contributed by atoms with E-state index in [4.69, 9.17) is 17.0 Å². The number of likely N-dealkylation sites (tertiary alicyclic amines) is 1. The van der Waals surface area contributed by atoms with E-state index in [1.165, 1.54) is 6.07 Å². The van der Waals surface area contributed by atoms with Gasteiger partial charge in [-0.05, 0) is 124 Å². The van der Waals surface area contributed by atoms with Gasteiger partial charge in [0, 0.05) is 56.2 Å². The summed E-state index contributed by atoms with van der Waals surface area (Å²) in [5, 5.41) is 11.7. The van der Waals surface area contributed by atoms with E-state index in [1.807, 2.05) is 42.5 Å². The maximum absolute atomic E-state index is 13.8. The molecule has 3 unspecified atom stereocenters. The van der Waals surface area contributed by atoms with Crippen LogP contribution in [0.3, 0.4) is 0 Å². The van der Waals surface area contributed by atoms with E-state index in [0.29, 0.717) is 44.5 Å². The van der Waals surface area contributed by atoms with Gasteiger partial charge in [0.05, 0.1) is 29.4 Å². The molecule has 15 heteroatoms. The number of carbonyl (C=O) groups excluding carboxylic acids is 4. The van der Waals surface area contributed by atoms with E-state index in [1.54, 1.807) is 24.8 Å². The summed E-state index contributed by atoms with van der Waals surface area (Å²) in [6.45, 7) is 6.65. The highest BCUT2D eigenvalue weighted by Gasteiger charge is 2.51. The molecular weight excluding hydrogens is 794 g/mol. The molecule has 0 spiro atoms. The minimum absolute atomic E-state index is 0.0463. The summed E-state index contributed by atoms with van der Waals surface area (Å²) in [4.78, 5) is 58.5. The molecule has 3 atom stereocenters. The molecule has 3 aromatic rings. The Hall–Kier alpha value is -5.17. The number of ketones is 1. The van der Waals surface area contributed by atoms with Crippen LogP contribution in [0.25, 0.3) is 0 Å². The zero-order chi connectivity index (χ0) is 42.5. The van der Waals surface area contributed by atoms with Crippen molar-refractivity contribution in [2.24, 2.45) is 5.92 Å². The van der Waals surface area contributed by atoms with Gasteiger partial charge in [-0.1, -0.05) is 24.3 Å². The van der Waals surface area contributed by atoms with E-state index in [9.17, 15) is 37.6 Å². The number of carbonyl (C=O) groups is 4. The quantitative estimate of drug-likeness (QED) is 0.155. The van der Waals surface area contributed by atoms with Crippen LogP contribution in [-0.2, 0) is 38.2 Å². The maximum Gasteiger partial charge on any atom is 0.417 e. The number of thiocarbonyl (C=S) groups is 1. The van der Waals surface area contributed by atoms with Crippen LogP contribution < -0.4 is 19.9 Å². The summed E-state index contributed by atoms with van der Waals surface area (Å²) in [6, 6.07) is 18.9. The molecule has 1 N–H and O–H groups in total. The van der Waals surface area contributed by atoms with Crippen LogP contribution in [0.4, 0.5) is 24.5 Å². The van der Waals surface area contributed by atoms with Gasteiger partial charge in [-0.25, -0.2) is 0 Å². The number of piperidine rings is 1. The van der Waals surface area contributed by atoms with Crippen molar-refractivity contribution in [2.75, 3.05) is 42.6 Å². The molecule has 1 saturated carbocycles. The number of Topliss-reactive ketones (excluding diaryl/α,β-unsaturated/α-hetero) is 1. The average molecular weight is 841 g/mol. The largest absolute Gasteiger partial charge is 0.492 e. The Kier molecular flexibility index (Phi) is 11.3. The first kappa shape index (κ1) is 41.6. The summed E-state index contributed by atoms with van der Waals surface area (Å²) >= 11 is 5.78. The lowest BCUT2D eigenvalue weighted by atomic mass is 9.90. The first-order chi connectivity index (χ1) is 28.6. The summed E-state index contributed by atoms with van der Waals surface area (Å²) in [5.74, 6) is 0.0198. The Morgan fingerprint density at radius 2 is 1.67 bits per heavy atom. The topological polar surface area (TPSA) is 126 Å². The van der Waals surface area contributed by atoms with Gasteiger partial charge in [0.1, 0.15) is 17.9 Å². The van der Waals surface area contributed by atoms with Crippen LogP contribution in [0.15, 0.2) is 60.7 Å². The number of rotatable bonds is 13. The van der Waals surface area contributed by atoms with Gasteiger partial charge in [0.25, 0.3) is 5.91 Å². The average Bonchev–Trinajstić information content (AvgIpc) is 3.99. The molecule has 0 aromatic heterocycles. The molecule has 3 aromatic carbocycles. The third-order valence-corrected chi connectivity index (χ3v) is 13.0. The minimum atomic E-state index is -4.79. The van der Waals surface area contributed by atoms with Crippen molar-refractivity contribution in [2.45, 2.75) is 94.9 Å². The van der Waals surface area contributed by atoms with E-state index >= 15 is 0 Å². The monoisotopic (exact) mass is 840 g/mol. The second-order valence-corrected chi connectivity index (χ2v) is 17.6. The molecule has 5 fully saturated rings. The fourth-order valence-electron chi connectivity index (χ4n) is 9.35. The van der Waals surface area contributed by atoms with Crippen molar-refractivity contribution in [1.82, 2.24) is 15.1 Å². The van der Waals surface area contributed by atoms with Crippen molar-refractivity contribution in [3.63, 3.8) is 0 Å². The number of imide groups is 1. The summed E-state index contributed by atoms with van der Waals surface area (Å²) in [7, 11) is 0. The third kappa shape index (κ3) is 8.42. The van der Waals surface area contributed by atoms with E-state index < -0.39 is 28.7 Å². The number of hydrogen-bond donors (Lipinski definition) is 1. The van der Waals surface area contributed by atoms with Crippen molar-refractivity contribution in [3.05, 3.63) is 88.5 Å². The zero-order valence-corrected chi connectivity index (χ0v) is 34.4. The van der Waals surface area contributed by atoms with Crippen LogP contribution in [0.2, 0.25) is 0 Å². The Balaban J connectivity index is 0.868. The number of ether oxygens (including phenoxy) is 1. The lowest BCUT2D eigenvalue weighted by Crippen LogP contribution is -2.55. The first-order valence-corrected chi connectivity index (χ1v) is 21.0. The van der Waals surface area contributed by atoms with Crippen LogP contribution in [0.1, 0.15) is 86.1 Å². The molecular formula is C45H47F3N6O5S. The van der Waals surface area contributed by atoms with Gasteiger partial charge < -0.3 is 9.64 Å². The van der Waals surface area contributed by atoms with E-state index in [0.717, 1.165) is 84.8 Å². The van der Waals surface area contributed by atoms with Gasteiger partial charge in [0.2, 0.25) is 11.8 Å². The molecule has 1 aliphatic carbocycles. The third-order valence-electron chi connectivity index (χ3n) is 12.6. The first-order valence-electron chi connectivity index (χ1n) is 20.6. The normalized spacial score (nSPS) is 23.2. The number of nitrogens with zero attached hydrogens (tertiary/aromatic N) is 5. The number of halogens is 3. The summed E-state index contributed by atoms with van der Waals surface area (Å²) in [5.41, 5.74) is 0.637. The summed E-state index contributed by atoms with van der Waals surface area (Å²) < 4.78 is 47.9. The van der Waals surface area contributed by atoms with Crippen molar-refractivity contribution in [1.29, 1.82) is 5.26 Å². The van der Waals surface area contributed by atoms with Crippen molar-refractivity contribution in [3.8, 4) is 11.8 Å². The Morgan fingerprint density at radius 3 is 2.35 bits per heavy atom. The lowest BCUT2D eigenvalue weighted by Gasteiger charge is -2.40. The molecule has 11 nitrogen and oxygen atoms in total. The number of fused-ring (bicyclic) bond motifs is 2. The molecule has 4 heterocycles. The van der Waals surface area contributed by atoms with Crippen LogP contribution in [0, 0.1) is 17.2 Å². The van der Waals surface area contributed by atoms with E-state index in [-0.39, 0.29) is 52.3 Å². The maximum atomic E-state index is 13.8. The van der Waals surface area contributed by atoms with Crippen molar-refractivity contribution < 1.29 is 37.1 Å². The smallest absolute Gasteiger partial charge is 0.417 e. The predicted octanol–water partition coefficient (Wildman–Crippen LogP) is 6.31. The van der Waals surface area contributed by atoms with Crippen LogP contribution in [-0.4, -0.2) is 88.8 Å². The number of piperazine rings is 1. The standard InChI is InChI=1S/C45H47F3N6O5S/c1-44(2)42(58)53(32-10-8-31(23-49)38(22-32)45(46,47)48)43(60)54(44)33-13-14-39(37(21-33)29-6-7-29)59-17-16-51-24-34-11-12-35(25-51)52(34)26-36(55)20-28-5-3-4-27(18-28)19-30-9-15-40(56)50-41(30)57/h3-5,8,10,13-14,18,21-22,29-30,34-35H,6-7,9,11-12,15-17,19-20,24-26H2,1-2H3,(H,50,56,57). The second kappa shape index (κ2) is 16.4. The molecule has 8 rings (SSSR count). The van der Waals surface area contributed by atoms with Gasteiger partial charge in [-0.3, -0.25) is 39.2 Å². The molecule has 3 amide bonds. The SMILES string of the molecule is CC1(C)C(=O)N(c2ccc(C#N)c(C(F)(F)F)c2)C(=S)N1c1ccc(OCCN2CC3CCC(C2)N3CC(=O)Cc2cccc(CC3CCC(=O)NC3=O)c2)c(C2CC2)c1. The number of nitrogens with one attached hydrogen (secondary N) is 1. The molecule has 0 radical (unpaired) electrons. The number of amides is 3.